The first kappa shape index (κ1) is 17.4. The van der Waals surface area contributed by atoms with Crippen LogP contribution in [0, 0.1) is 0 Å². The summed E-state index contributed by atoms with van der Waals surface area (Å²) < 4.78 is 0.959. The van der Waals surface area contributed by atoms with E-state index in [2.05, 4.69) is 26.2 Å². The molecular weight excluding hydrogens is 386 g/mol. The van der Waals surface area contributed by atoms with E-state index in [-0.39, 0.29) is 23.9 Å². The number of aryl methyl sites for hydroxylation is 1. The number of hydrogen-bond acceptors (Lipinski definition) is 3. The van der Waals surface area contributed by atoms with Crippen molar-refractivity contribution in [1.29, 1.82) is 0 Å². The summed E-state index contributed by atoms with van der Waals surface area (Å²) in [6.45, 7) is 0. The van der Waals surface area contributed by atoms with Crippen molar-refractivity contribution in [2.24, 2.45) is 5.73 Å². The van der Waals surface area contributed by atoms with Gasteiger partial charge in [-0.25, -0.2) is 0 Å². The van der Waals surface area contributed by atoms with E-state index in [4.69, 9.17) is 5.73 Å². The van der Waals surface area contributed by atoms with Crippen LogP contribution in [0.15, 0.2) is 39.6 Å². The second kappa shape index (κ2) is 7.23. The van der Waals surface area contributed by atoms with Gasteiger partial charge in [0.2, 0.25) is 5.91 Å². The highest BCUT2D eigenvalue weighted by Crippen LogP contribution is 2.28. The molecule has 6 nitrogen and oxygen atoms in total. The van der Waals surface area contributed by atoms with Crippen LogP contribution >= 0.6 is 15.9 Å². The van der Waals surface area contributed by atoms with Crippen molar-refractivity contribution < 1.29 is 9.59 Å². The molecule has 0 radical (unpaired) electrons. The van der Waals surface area contributed by atoms with Gasteiger partial charge < -0.3 is 16.0 Å². The van der Waals surface area contributed by atoms with Gasteiger partial charge in [0.25, 0.3) is 11.5 Å². The summed E-state index contributed by atoms with van der Waals surface area (Å²) in [5.74, 6) is -0.874. The average molecular weight is 404 g/mol. The highest BCUT2D eigenvalue weighted by molar-refractivity contribution is 9.10. The standard InChI is InChI=1S/C18H18BrN3O3/c19-11-6-4-10(5-7-11)8-16(23)21-14-2-1-3-15-12(14)9-13(17(20)24)18(25)22-15/h4-7,9,14H,1-3,8H2,(H2,20,24)(H,21,23)(H,22,25). The molecule has 0 saturated heterocycles. The fourth-order valence-electron chi connectivity index (χ4n) is 3.11. The molecule has 1 heterocycles. The number of rotatable bonds is 4. The quantitative estimate of drug-likeness (QED) is 0.726. The van der Waals surface area contributed by atoms with Crippen LogP contribution in [0.1, 0.15) is 46.1 Å². The maximum Gasteiger partial charge on any atom is 0.261 e. The number of primary amides is 1. The number of carbonyl (C=O) groups is 2. The van der Waals surface area contributed by atoms with Crippen molar-refractivity contribution in [3.63, 3.8) is 0 Å². The van der Waals surface area contributed by atoms with Crippen LogP contribution in [0.25, 0.3) is 0 Å². The minimum atomic E-state index is -0.769. The number of halogens is 1. The van der Waals surface area contributed by atoms with E-state index in [1.807, 2.05) is 24.3 Å². The third-order valence-electron chi connectivity index (χ3n) is 4.33. The van der Waals surface area contributed by atoms with E-state index in [1.165, 1.54) is 6.07 Å². The summed E-state index contributed by atoms with van der Waals surface area (Å²) in [7, 11) is 0. The first-order chi connectivity index (χ1) is 11.9. The van der Waals surface area contributed by atoms with Crippen LogP contribution in [0.4, 0.5) is 0 Å². The van der Waals surface area contributed by atoms with Gasteiger partial charge in [-0.2, -0.15) is 0 Å². The smallest absolute Gasteiger partial charge is 0.261 e. The molecule has 1 aliphatic rings. The van der Waals surface area contributed by atoms with Crippen LogP contribution in [0.2, 0.25) is 0 Å². The Labute approximate surface area is 152 Å². The monoisotopic (exact) mass is 403 g/mol. The third kappa shape index (κ3) is 3.99. The average Bonchev–Trinajstić information content (AvgIpc) is 2.56. The molecule has 1 aromatic carbocycles. The zero-order valence-electron chi connectivity index (χ0n) is 13.5. The van der Waals surface area contributed by atoms with Crippen LogP contribution < -0.4 is 16.6 Å². The SMILES string of the molecule is NC(=O)c1cc2c([nH]c1=O)CCCC2NC(=O)Cc1ccc(Br)cc1. The number of aromatic amines is 1. The molecular formula is C18H18BrN3O3. The normalized spacial score (nSPS) is 16.1. The summed E-state index contributed by atoms with van der Waals surface area (Å²) in [6, 6.07) is 8.84. The Morgan fingerprint density at radius 2 is 2.00 bits per heavy atom. The summed E-state index contributed by atoms with van der Waals surface area (Å²) >= 11 is 3.37. The molecule has 1 atom stereocenters. The molecule has 4 N–H and O–H groups in total. The molecule has 7 heteroatoms. The molecule has 130 valence electrons. The van der Waals surface area contributed by atoms with Gasteiger partial charge >= 0.3 is 0 Å². The summed E-state index contributed by atoms with van der Waals surface area (Å²) in [4.78, 5) is 38.4. The van der Waals surface area contributed by atoms with Crippen LogP contribution in [-0.4, -0.2) is 16.8 Å². The zero-order valence-corrected chi connectivity index (χ0v) is 15.1. The maximum absolute atomic E-state index is 12.4. The predicted molar refractivity (Wildman–Crippen MR) is 97.2 cm³/mol. The third-order valence-corrected chi connectivity index (χ3v) is 4.86. The molecule has 1 aliphatic carbocycles. The molecule has 2 amide bonds. The number of benzene rings is 1. The minimum Gasteiger partial charge on any atom is -0.365 e. The molecule has 1 aromatic heterocycles. The Balaban J connectivity index is 1.79. The minimum absolute atomic E-state index is 0.0761. The second-order valence-corrected chi connectivity index (χ2v) is 7.04. The van der Waals surface area contributed by atoms with Crippen molar-refractivity contribution in [3.05, 3.63) is 67.5 Å². The Kier molecular flexibility index (Phi) is 5.03. The first-order valence-electron chi connectivity index (χ1n) is 8.04. The number of H-pyrrole nitrogens is 1. The summed E-state index contributed by atoms with van der Waals surface area (Å²) in [6.07, 6.45) is 2.58. The number of nitrogens with one attached hydrogen (secondary N) is 2. The molecule has 2 aromatic rings. The Hall–Kier alpha value is -2.41. The van der Waals surface area contributed by atoms with Gasteiger partial charge in [-0.3, -0.25) is 14.4 Å². The highest BCUT2D eigenvalue weighted by Gasteiger charge is 2.24. The molecule has 0 saturated carbocycles. The molecule has 0 fully saturated rings. The van der Waals surface area contributed by atoms with Gasteiger partial charge in [-0.05, 0) is 48.6 Å². The number of aromatic nitrogens is 1. The summed E-state index contributed by atoms with van der Waals surface area (Å²) in [5, 5.41) is 3.00. The van der Waals surface area contributed by atoms with Crippen molar-refractivity contribution >= 4 is 27.7 Å². The predicted octanol–water partition coefficient (Wildman–Crippen LogP) is 1.97. The Morgan fingerprint density at radius 1 is 1.28 bits per heavy atom. The maximum atomic E-state index is 12.4. The van der Waals surface area contributed by atoms with E-state index in [9.17, 15) is 14.4 Å². The number of pyridine rings is 1. The lowest BCUT2D eigenvalue weighted by Crippen LogP contribution is -2.34. The zero-order chi connectivity index (χ0) is 18.0. The van der Waals surface area contributed by atoms with E-state index < -0.39 is 11.5 Å². The van der Waals surface area contributed by atoms with Gasteiger partial charge in [0.1, 0.15) is 5.56 Å². The number of nitrogens with two attached hydrogens (primary N) is 1. The van der Waals surface area contributed by atoms with Crippen molar-refractivity contribution in [3.8, 4) is 0 Å². The largest absolute Gasteiger partial charge is 0.365 e. The van der Waals surface area contributed by atoms with Gasteiger partial charge in [-0.15, -0.1) is 0 Å². The fourth-order valence-corrected chi connectivity index (χ4v) is 3.37. The van der Waals surface area contributed by atoms with Crippen molar-refractivity contribution in [2.75, 3.05) is 0 Å². The van der Waals surface area contributed by atoms with Gasteiger partial charge in [0.05, 0.1) is 12.5 Å². The molecule has 3 rings (SSSR count). The van der Waals surface area contributed by atoms with E-state index in [0.717, 1.165) is 34.1 Å². The van der Waals surface area contributed by atoms with Gasteiger partial charge in [0.15, 0.2) is 0 Å². The number of hydrogen-bond donors (Lipinski definition) is 3. The molecule has 25 heavy (non-hydrogen) atoms. The summed E-state index contributed by atoms with van der Waals surface area (Å²) in [5.41, 5.74) is 7.14. The fraction of sp³-hybridized carbons (Fsp3) is 0.278. The number of carbonyl (C=O) groups excluding carboxylic acids is 2. The molecule has 0 spiro atoms. The van der Waals surface area contributed by atoms with Crippen LogP contribution in [-0.2, 0) is 17.6 Å². The lowest BCUT2D eigenvalue weighted by Gasteiger charge is -2.26. The number of amides is 2. The van der Waals surface area contributed by atoms with Gasteiger partial charge in [-0.1, -0.05) is 28.1 Å². The van der Waals surface area contributed by atoms with E-state index in [0.29, 0.717) is 6.42 Å². The van der Waals surface area contributed by atoms with Crippen molar-refractivity contribution in [2.45, 2.75) is 31.7 Å². The topological polar surface area (TPSA) is 105 Å². The van der Waals surface area contributed by atoms with Gasteiger partial charge in [0, 0.05) is 10.2 Å². The second-order valence-electron chi connectivity index (χ2n) is 6.13. The highest BCUT2D eigenvalue weighted by atomic mass is 79.9. The Morgan fingerprint density at radius 3 is 2.68 bits per heavy atom. The molecule has 0 aliphatic heterocycles. The van der Waals surface area contributed by atoms with E-state index in [1.54, 1.807) is 0 Å². The lowest BCUT2D eigenvalue weighted by molar-refractivity contribution is -0.121. The number of fused-ring (bicyclic) bond motifs is 1. The van der Waals surface area contributed by atoms with Crippen LogP contribution in [0.5, 0.6) is 0 Å². The lowest BCUT2D eigenvalue weighted by atomic mass is 9.90. The van der Waals surface area contributed by atoms with Crippen molar-refractivity contribution in [1.82, 2.24) is 10.3 Å². The Bertz CT molecular complexity index is 874. The first-order valence-corrected chi connectivity index (χ1v) is 8.83. The molecule has 1 unspecified atom stereocenters. The van der Waals surface area contributed by atoms with E-state index >= 15 is 0 Å². The molecule has 0 bridgehead atoms. The van der Waals surface area contributed by atoms with Crippen LogP contribution in [0.3, 0.4) is 0 Å².